The maximum Gasteiger partial charge on any atom is 0.219 e. The quantitative estimate of drug-likeness (QED) is 0.0598. The molecular formula is C48H93NO8. The van der Waals surface area contributed by atoms with Crippen molar-refractivity contribution in [2.45, 2.75) is 238 Å². The number of rotatable bonds is 37. The molecule has 57 heavy (non-hydrogen) atoms. The first-order valence-corrected chi connectivity index (χ1v) is 24.4. The summed E-state index contributed by atoms with van der Waals surface area (Å²) in [4.78, 5) is 14.3. The number of aliphatic hydroxyl groups excluding tert-OH is 2. The zero-order valence-corrected chi connectivity index (χ0v) is 38.0. The monoisotopic (exact) mass is 812 g/mol. The van der Waals surface area contributed by atoms with Crippen molar-refractivity contribution < 1.29 is 38.7 Å². The van der Waals surface area contributed by atoms with Crippen LogP contribution in [0.4, 0.5) is 0 Å². The fourth-order valence-corrected chi connectivity index (χ4v) is 8.70. The van der Waals surface area contributed by atoms with Crippen molar-refractivity contribution in [2.75, 3.05) is 52.7 Å². The topological polar surface area (TPSA) is 107 Å². The molecule has 0 heterocycles. The molecule has 9 nitrogen and oxygen atoms in total. The summed E-state index contributed by atoms with van der Waals surface area (Å²) in [6, 6.07) is 0. The van der Waals surface area contributed by atoms with Crippen molar-refractivity contribution in [1.29, 1.82) is 0 Å². The van der Waals surface area contributed by atoms with Crippen LogP contribution in [0.5, 0.6) is 0 Å². The molecule has 0 aromatic rings. The molecule has 2 saturated carbocycles. The molecule has 0 bridgehead atoms. The maximum absolute atomic E-state index is 12.5. The number of carbonyl (C=O) groups is 1. The van der Waals surface area contributed by atoms with E-state index in [1.807, 2.05) is 6.92 Å². The van der Waals surface area contributed by atoms with E-state index in [1.165, 1.54) is 128 Å². The normalized spacial score (nSPS) is 22.3. The van der Waals surface area contributed by atoms with Crippen molar-refractivity contribution in [3.63, 3.8) is 0 Å². The number of hydrogen-bond acceptors (Lipinski definition) is 8. The van der Waals surface area contributed by atoms with Crippen molar-refractivity contribution in [1.82, 2.24) is 4.90 Å². The first-order valence-electron chi connectivity index (χ1n) is 24.4. The van der Waals surface area contributed by atoms with Crippen LogP contribution in [0.25, 0.3) is 0 Å². The van der Waals surface area contributed by atoms with Gasteiger partial charge in [-0.1, -0.05) is 143 Å². The minimum atomic E-state index is -0.682. The summed E-state index contributed by atoms with van der Waals surface area (Å²) in [5.41, 5.74) is 0. The van der Waals surface area contributed by atoms with E-state index in [9.17, 15) is 15.0 Å². The highest BCUT2D eigenvalue weighted by molar-refractivity contribution is 5.73. The molecule has 2 rings (SSSR count). The second kappa shape index (κ2) is 34.9. The molecule has 0 aromatic heterocycles. The Morgan fingerprint density at radius 3 is 1.68 bits per heavy atom. The average Bonchev–Trinajstić information content (AvgIpc) is 3.22. The minimum absolute atomic E-state index is 0.0272. The Bertz CT molecular complexity index is 917. The van der Waals surface area contributed by atoms with Crippen molar-refractivity contribution in [2.24, 2.45) is 11.8 Å². The summed E-state index contributed by atoms with van der Waals surface area (Å²) in [7, 11) is 0. The zero-order chi connectivity index (χ0) is 41.4. The van der Waals surface area contributed by atoms with E-state index in [0.717, 1.165) is 50.4 Å². The maximum atomic E-state index is 12.5. The SMILES string of the molecule is CCCCCCCCCC1CCC(OCC(O)COC(CC)CN(CCOCC(CC)OCC(O)COC2CCCC(CCCCCCCCC)C2)C(C)=O)CC1. The van der Waals surface area contributed by atoms with Crippen molar-refractivity contribution in [3.8, 4) is 0 Å². The third-order valence-corrected chi connectivity index (χ3v) is 12.6. The molecule has 0 saturated heterocycles. The van der Waals surface area contributed by atoms with Crippen LogP contribution in [0, 0.1) is 11.8 Å². The lowest BCUT2D eigenvalue weighted by molar-refractivity contribution is -0.133. The van der Waals surface area contributed by atoms with Crippen LogP contribution < -0.4 is 0 Å². The first-order chi connectivity index (χ1) is 27.8. The molecule has 0 radical (unpaired) electrons. The van der Waals surface area contributed by atoms with Crippen LogP contribution in [-0.2, 0) is 28.5 Å². The lowest BCUT2D eigenvalue weighted by Crippen LogP contribution is -2.40. The molecule has 0 aliphatic heterocycles. The lowest BCUT2D eigenvalue weighted by Gasteiger charge is -2.30. The average molecular weight is 812 g/mol. The Labute approximate surface area is 351 Å². The Morgan fingerprint density at radius 1 is 0.596 bits per heavy atom. The molecule has 2 aliphatic rings. The van der Waals surface area contributed by atoms with Crippen LogP contribution in [0.1, 0.15) is 202 Å². The highest BCUT2D eigenvalue weighted by atomic mass is 16.5. The van der Waals surface area contributed by atoms with Gasteiger partial charge in [0.25, 0.3) is 0 Å². The Hall–Kier alpha value is -0.810. The molecule has 338 valence electrons. The molecule has 1 amide bonds. The highest BCUT2D eigenvalue weighted by Gasteiger charge is 2.25. The Kier molecular flexibility index (Phi) is 32.0. The van der Waals surface area contributed by atoms with Crippen molar-refractivity contribution in [3.05, 3.63) is 0 Å². The third-order valence-electron chi connectivity index (χ3n) is 12.6. The van der Waals surface area contributed by atoms with Gasteiger partial charge in [-0.2, -0.15) is 0 Å². The molecule has 6 atom stereocenters. The van der Waals surface area contributed by atoms with Gasteiger partial charge in [0.05, 0.1) is 64.1 Å². The highest BCUT2D eigenvalue weighted by Crippen LogP contribution is 2.31. The number of aliphatic hydroxyl groups is 2. The second-order valence-corrected chi connectivity index (χ2v) is 17.9. The van der Waals surface area contributed by atoms with Crippen LogP contribution in [0.2, 0.25) is 0 Å². The number of amides is 1. The van der Waals surface area contributed by atoms with Crippen LogP contribution in [-0.4, -0.2) is 110 Å². The van der Waals surface area contributed by atoms with Gasteiger partial charge in [-0.25, -0.2) is 0 Å². The van der Waals surface area contributed by atoms with Crippen LogP contribution >= 0.6 is 0 Å². The standard InChI is InChI=1S/C48H93NO8/c1-6-10-12-14-16-18-20-23-41-27-29-47(30-28-41)56-37-43(51)35-54-45(8-3)34-49(40(5)50)31-32-53-39-46(9-4)55-36-44(52)38-57-48-26-22-25-42(33-48)24-21-19-17-15-13-11-7-2/h41-48,51-52H,6-39H2,1-5H3. The third kappa shape index (κ3) is 26.9. The van der Waals surface area contributed by atoms with Gasteiger partial charge in [0.15, 0.2) is 0 Å². The first kappa shape index (κ1) is 52.3. The molecule has 2 N–H and O–H groups in total. The van der Waals surface area contributed by atoms with Gasteiger partial charge in [0.2, 0.25) is 5.91 Å². The number of hydrogen-bond donors (Lipinski definition) is 2. The molecule has 6 unspecified atom stereocenters. The minimum Gasteiger partial charge on any atom is -0.388 e. The van der Waals surface area contributed by atoms with Gasteiger partial charge in [-0.05, 0) is 63.2 Å². The fraction of sp³-hybridized carbons (Fsp3) is 0.979. The molecule has 9 heteroatoms. The van der Waals surface area contributed by atoms with Crippen LogP contribution in [0.15, 0.2) is 0 Å². The Balaban J connectivity index is 1.54. The lowest BCUT2D eigenvalue weighted by atomic mass is 9.84. The summed E-state index contributed by atoms with van der Waals surface area (Å²) >= 11 is 0. The summed E-state index contributed by atoms with van der Waals surface area (Å²) in [5, 5.41) is 21.3. The van der Waals surface area contributed by atoms with E-state index in [0.29, 0.717) is 39.5 Å². The Morgan fingerprint density at radius 2 is 1.12 bits per heavy atom. The second-order valence-electron chi connectivity index (χ2n) is 17.9. The molecular weight excluding hydrogens is 719 g/mol. The summed E-state index contributed by atoms with van der Waals surface area (Å²) in [6.07, 6.45) is 31.5. The molecule has 2 aliphatic carbocycles. The number of carbonyl (C=O) groups excluding carboxylic acids is 1. The fourth-order valence-electron chi connectivity index (χ4n) is 8.70. The summed E-state index contributed by atoms with van der Waals surface area (Å²) < 4.78 is 30.3. The molecule has 0 spiro atoms. The van der Waals surface area contributed by atoms with Gasteiger partial charge in [0, 0.05) is 20.0 Å². The molecule has 0 aromatic carbocycles. The summed E-state index contributed by atoms with van der Waals surface area (Å²) in [5.74, 6) is 1.57. The van der Waals surface area contributed by atoms with E-state index in [2.05, 4.69) is 20.8 Å². The van der Waals surface area contributed by atoms with Gasteiger partial charge in [-0.3, -0.25) is 4.79 Å². The van der Waals surface area contributed by atoms with E-state index in [1.54, 1.807) is 11.8 Å². The summed E-state index contributed by atoms with van der Waals surface area (Å²) in [6.45, 7) is 12.9. The van der Waals surface area contributed by atoms with Gasteiger partial charge in [-0.15, -0.1) is 0 Å². The van der Waals surface area contributed by atoms with E-state index in [4.69, 9.17) is 23.7 Å². The van der Waals surface area contributed by atoms with Gasteiger partial charge >= 0.3 is 0 Å². The molecule has 2 fully saturated rings. The predicted molar refractivity (Wildman–Crippen MR) is 234 cm³/mol. The van der Waals surface area contributed by atoms with E-state index >= 15 is 0 Å². The van der Waals surface area contributed by atoms with Crippen molar-refractivity contribution >= 4 is 5.91 Å². The van der Waals surface area contributed by atoms with Gasteiger partial charge < -0.3 is 38.8 Å². The van der Waals surface area contributed by atoms with Gasteiger partial charge in [0.1, 0.15) is 12.2 Å². The largest absolute Gasteiger partial charge is 0.388 e. The zero-order valence-electron chi connectivity index (χ0n) is 38.0. The smallest absolute Gasteiger partial charge is 0.219 e. The number of nitrogens with zero attached hydrogens (tertiary/aromatic N) is 1. The number of ether oxygens (including phenoxy) is 5. The van der Waals surface area contributed by atoms with E-state index in [-0.39, 0.29) is 43.5 Å². The van der Waals surface area contributed by atoms with Crippen LogP contribution in [0.3, 0.4) is 0 Å². The predicted octanol–water partition coefficient (Wildman–Crippen LogP) is 10.6. The number of unbranched alkanes of at least 4 members (excludes halogenated alkanes) is 12. The van der Waals surface area contributed by atoms with E-state index < -0.39 is 12.2 Å².